The summed E-state index contributed by atoms with van der Waals surface area (Å²) in [6.07, 6.45) is 3.93. The molecule has 0 aromatic carbocycles. The lowest BCUT2D eigenvalue weighted by Crippen LogP contribution is -2.82. The van der Waals surface area contributed by atoms with E-state index < -0.39 is 0 Å². The first-order valence-electron chi connectivity index (χ1n) is 5.79. The van der Waals surface area contributed by atoms with Crippen molar-refractivity contribution in [1.82, 2.24) is 5.32 Å². The maximum Gasteiger partial charge on any atom is 0.229 e. The molecule has 0 aromatic heterocycles. The molecule has 6 atom stereocenters. The summed E-state index contributed by atoms with van der Waals surface area (Å²) in [5.41, 5.74) is -0.134. The van der Waals surface area contributed by atoms with Crippen molar-refractivity contribution < 1.29 is 4.79 Å². The third-order valence-corrected chi connectivity index (χ3v) is 9.93. The first kappa shape index (κ1) is 13.4. The highest BCUT2D eigenvalue weighted by Crippen LogP contribution is 2.62. The van der Waals surface area contributed by atoms with Crippen LogP contribution in [0.25, 0.3) is 0 Å². The lowest BCUT2D eigenvalue weighted by molar-refractivity contribution is -0.167. The van der Waals surface area contributed by atoms with Crippen LogP contribution >= 0.6 is 63.7 Å². The van der Waals surface area contributed by atoms with Gasteiger partial charge in [-0.2, -0.15) is 0 Å². The van der Waals surface area contributed by atoms with E-state index in [-0.39, 0.29) is 16.9 Å². The Labute approximate surface area is 135 Å². The first-order valence-corrected chi connectivity index (χ1v) is 9.45. The fourth-order valence-electron chi connectivity index (χ4n) is 3.69. The summed E-state index contributed by atoms with van der Waals surface area (Å²) in [5.74, 6) is 0.255. The Bertz CT molecular complexity index is 354. The van der Waals surface area contributed by atoms with Crippen molar-refractivity contribution in [3.05, 3.63) is 0 Å². The second-order valence-electron chi connectivity index (χ2n) is 5.50. The van der Waals surface area contributed by atoms with E-state index in [2.05, 4.69) is 69.0 Å². The smallest absolute Gasteiger partial charge is 0.229 e. The molecule has 0 bridgehead atoms. The third-order valence-electron chi connectivity index (χ3n) is 4.66. The number of carbonyl (C=O) groups is 1. The molecule has 1 saturated heterocycles. The number of rotatable bonds is 0. The van der Waals surface area contributed by atoms with Crippen LogP contribution in [0.1, 0.15) is 25.7 Å². The molecule has 1 amide bonds. The van der Waals surface area contributed by atoms with Crippen LogP contribution in [0.2, 0.25) is 0 Å². The van der Waals surface area contributed by atoms with Crippen molar-refractivity contribution in [3.8, 4) is 0 Å². The van der Waals surface area contributed by atoms with Crippen LogP contribution in [0.3, 0.4) is 0 Å². The second kappa shape index (κ2) is 4.19. The van der Waals surface area contributed by atoms with Gasteiger partial charge in [-0.25, -0.2) is 0 Å². The Balaban J connectivity index is 1.97. The summed E-state index contributed by atoms with van der Waals surface area (Å²) in [4.78, 5) is 13.8. The molecule has 6 heteroatoms. The van der Waals surface area contributed by atoms with Gasteiger partial charge in [0.25, 0.3) is 0 Å². The molecule has 2 aliphatic carbocycles. The number of nitrogens with one attached hydrogen (secondary N) is 1. The topological polar surface area (TPSA) is 29.1 Å². The fraction of sp³-hybridized carbons (Fsp3) is 0.909. The average molecular weight is 495 g/mol. The monoisotopic (exact) mass is 491 g/mol. The predicted octanol–water partition coefficient (Wildman–Crippen LogP) is 3.48. The number of β-lactam (4-membered cyclic amide) rings is 1. The van der Waals surface area contributed by atoms with Crippen molar-refractivity contribution in [1.29, 1.82) is 0 Å². The Kier molecular flexibility index (Phi) is 3.30. The number of hydrogen-bond donors (Lipinski definition) is 1. The van der Waals surface area contributed by atoms with Crippen molar-refractivity contribution in [2.24, 2.45) is 5.41 Å². The highest BCUT2D eigenvalue weighted by atomic mass is 79.9. The summed E-state index contributed by atoms with van der Waals surface area (Å²) in [6, 6.07) is 0. The van der Waals surface area contributed by atoms with E-state index >= 15 is 0 Å². The molecule has 1 N–H and O–H groups in total. The maximum absolute atomic E-state index is 12.1. The van der Waals surface area contributed by atoms with Crippen molar-refractivity contribution in [2.45, 2.75) is 50.5 Å². The van der Waals surface area contributed by atoms with Crippen molar-refractivity contribution >= 4 is 69.6 Å². The molecule has 3 aliphatic rings. The van der Waals surface area contributed by atoms with E-state index in [0.717, 1.165) is 25.7 Å². The molecule has 2 saturated carbocycles. The van der Waals surface area contributed by atoms with E-state index in [1.807, 2.05) is 0 Å². The predicted molar refractivity (Wildman–Crippen MR) is 82.6 cm³/mol. The van der Waals surface area contributed by atoms with E-state index in [0.29, 0.717) is 19.3 Å². The molecule has 1 aliphatic heterocycles. The zero-order valence-electron chi connectivity index (χ0n) is 9.06. The van der Waals surface area contributed by atoms with Crippen LogP contribution in [0.15, 0.2) is 0 Å². The highest BCUT2D eigenvalue weighted by molar-refractivity contribution is 9.12. The largest absolute Gasteiger partial charge is 0.349 e. The van der Waals surface area contributed by atoms with E-state index in [1.54, 1.807) is 0 Å². The molecule has 0 aromatic rings. The van der Waals surface area contributed by atoms with Gasteiger partial charge in [0, 0.05) is 19.3 Å². The molecular formula is C11H13Br4NO. The maximum atomic E-state index is 12.1. The third kappa shape index (κ3) is 1.69. The molecule has 17 heavy (non-hydrogen) atoms. The van der Waals surface area contributed by atoms with Crippen LogP contribution in [0, 0.1) is 5.41 Å². The van der Waals surface area contributed by atoms with Crippen LogP contribution in [0.5, 0.6) is 0 Å². The average Bonchev–Trinajstić information content (AvgIpc) is 2.24. The minimum atomic E-state index is -0.149. The zero-order valence-corrected chi connectivity index (χ0v) is 15.4. The van der Waals surface area contributed by atoms with Gasteiger partial charge < -0.3 is 5.32 Å². The van der Waals surface area contributed by atoms with Crippen molar-refractivity contribution in [2.75, 3.05) is 0 Å². The van der Waals surface area contributed by atoms with Crippen LogP contribution in [-0.4, -0.2) is 30.8 Å². The van der Waals surface area contributed by atoms with Crippen LogP contribution < -0.4 is 5.32 Å². The molecule has 3 rings (SSSR count). The van der Waals surface area contributed by atoms with Crippen LogP contribution in [-0.2, 0) is 4.79 Å². The molecule has 0 radical (unpaired) electrons. The van der Waals surface area contributed by atoms with Gasteiger partial charge in [-0.1, -0.05) is 63.7 Å². The number of amides is 1. The van der Waals surface area contributed by atoms with Gasteiger partial charge in [0.1, 0.15) is 0 Å². The number of halogens is 4. The van der Waals surface area contributed by atoms with E-state index in [9.17, 15) is 4.79 Å². The zero-order chi connectivity index (χ0) is 12.4. The normalized spacial score (nSPS) is 57.5. The number of hydrogen-bond acceptors (Lipinski definition) is 1. The summed E-state index contributed by atoms with van der Waals surface area (Å²) in [6.45, 7) is 0. The molecule has 1 heterocycles. The van der Waals surface area contributed by atoms with Gasteiger partial charge in [0.2, 0.25) is 5.91 Å². The van der Waals surface area contributed by atoms with Gasteiger partial charge in [-0.15, -0.1) is 0 Å². The lowest BCUT2D eigenvalue weighted by atomic mass is 9.49. The SMILES string of the molecule is O=C1NC23C[C@H](Br)[C@H](Br)CC12C[C@H](Br)[C@@H](Br)C3. The van der Waals surface area contributed by atoms with Crippen LogP contribution in [0.4, 0.5) is 0 Å². The van der Waals surface area contributed by atoms with Gasteiger partial charge in [-0.3, -0.25) is 4.79 Å². The molecule has 2 nitrogen and oxygen atoms in total. The van der Waals surface area contributed by atoms with Crippen molar-refractivity contribution in [3.63, 3.8) is 0 Å². The number of alkyl halides is 4. The minimum absolute atomic E-state index is 0.0148. The quantitative estimate of drug-likeness (QED) is 0.405. The molecule has 0 spiro atoms. The Hall–Kier alpha value is 1.39. The summed E-state index contributed by atoms with van der Waals surface area (Å²) >= 11 is 14.9. The van der Waals surface area contributed by atoms with E-state index in [1.165, 1.54) is 0 Å². The molecular weight excluding hydrogens is 482 g/mol. The van der Waals surface area contributed by atoms with Gasteiger partial charge >= 0.3 is 0 Å². The minimum Gasteiger partial charge on any atom is -0.349 e. The Morgan fingerprint density at radius 1 is 0.882 bits per heavy atom. The molecule has 2 unspecified atom stereocenters. The standard InChI is InChI=1S/C11H13Br4NO/c12-5-1-10-2-6(13)8(15)4-11(10,3-7(5)14)16-9(10)17/h5-8H,1-4H2,(H,16,17)/t5-,6+,7-,8-,10?,11?/m0/s1. The van der Waals surface area contributed by atoms with Gasteiger partial charge in [-0.05, 0) is 25.7 Å². The first-order chi connectivity index (χ1) is 7.90. The summed E-state index contributed by atoms with van der Waals surface area (Å²) in [7, 11) is 0. The Morgan fingerprint density at radius 2 is 1.29 bits per heavy atom. The lowest BCUT2D eigenvalue weighted by Gasteiger charge is -2.67. The van der Waals surface area contributed by atoms with Gasteiger partial charge in [0.05, 0.1) is 11.0 Å². The highest BCUT2D eigenvalue weighted by Gasteiger charge is 2.71. The van der Waals surface area contributed by atoms with Gasteiger partial charge in [0.15, 0.2) is 0 Å². The Morgan fingerprint density at radius 3 is 1.71 bits per heavy atom. The molecule has 3 fully saturated rings. The van der Waals surface area contributed by atoms with E-state index in [4.69, 9.17) is 0 Å². The summed E-state index contributed by atoms with van der Waals surface area (Å²) in [5, 5.41) is 3.21. The summed E-state index contributed by atoms with van der Waals surface area (Å²) < 4.78 is 0. The second-order valence-corrected chi connectivity index (χ2v) is 10.2. The molecule has 96 valence electrons. The number of carbonyl (C=O) groups excluding carboxylic acids is 1. The fourth-order valence-corrected chi connectivity index (χ4v) is 6.65.